The number of benzene rings is 1. The van der Waals surface area contributed by atoms with E-state index >= 15 is 0 Å². The van der Waals surface area contributed by atoms with Gasteiger partial charge in [0.25, 0.3) is 0 Å². The Morgan fingerprint density at radius 2 is 1.97 bits per heavy atom. The Hall–Kier alpha value is -3.77. The number of hydrogen-bond acceptors (Lipinski definition) is 6. The summed E-state index contributed by atoms with van der Waals surface area (Å²) in [6.45, 7) is 13.9. The van der Waals surface area contributed by atoms with Crippen LogP contribution >= 0.6 is 0 Å². The van der Waals surface area contributed by atoms with Gasteiger partial charge < -0.3 is 15.4 Å². The maximum absolute atomic E-state index is 9.89. The number of fused-ring (bicyclic) bond motifs is 2. The van der Waals surface area contributed by atoms with Crippen molar-refractivity contribution in [1.82, 2.24) is 4.98 Å². The summed E-state index contributed by atoms with van der Waals surface area (Å²) in [7, 11) is 1.69. The number of hydrogen-bond donors (Lipinski definition) is 1. The van der Waals surface area contributed by atoms with Gasteiger partial charge in [0.15, 0.2) is 0 Å². The van der Waals surface area contributed by atoms with E-state index in [0.717, 1.165) is 53.0 Å². The third-order valence-corrected chi connectivity index (χ3v) is 7.47. The Balaban J connectivity index is 1.97. The highest BCUT2D eigenvalue weighted by atomic mass is 16.5. The lowest BCUT2D eigenvalue weighted by Gasteiger charge is -2.48. The summed E-state index contributed by atoms with van der Waals surface area (Å²) in [6, 6.07) is 8.85. The van der Waals surface area contributed by atoms with Crippen molar-refractivity contribution in [2.75, 3.05) is 24.3 Å². The van der Waals surface area contributed by atoms with Crippen molar-refractivity contribution in [1.29, 1.82) is 10.5 Å². The molecule has 0 fully saturated rings. The number of anilines is 2. The van der Waals surface area contributed by atoms with E-state index < -0.39 is 0 Å². The Morgan fingerprint density at radius 1 is 1.26 bits per heavy atom. The van der Waals surface area contributed by atoms with Crippen molar-refractivity contribution in [3.8, 4) is 17.9 Å². The van der Waals surface area contributed by atoms with Gasteiger partial charge in [-0.2, -0.15) is 10.5 Å². The van der Waals surface area contributed by atoms with Crippen molar-refractivity contribution in [2.45, 2.75) is 65.8 Å². The largest absolute Gasteiger partial charge is 0.496 e. The zero-order valence-corrected chi connectivity index (χ0v) is 21.7. The lowest BCUT2D eigenvalue weighted by molar-refractivity contribution is 0.372. The highest BCUT2D eigenvalue weighted by Crippen LogP contribution is 2.48. The van der Waals surface area contributed by atoms with Crippen molar-refractivity contribution < 1.29 is 4.74 Å². The molecule has 0 amide bonds. The number of allylic oxidation sites excluding steroid dienone is 3. The van der Waals surface area contributed by atoms with Crippen molar-refractivity contribution >= 4 is 28.7 Å². The van der Waals surface area contributed by atoms with Gasteiger partial charge in [0.1, 0.15) is 23.7 Å². The van der Waals surface area contributed by atoms with Crippen molar-refractivity contribution in [2.24, 2.45) is 0 Å². The van der Waals surface area contributed by atoms with Crippen LogP contribution in [0.2, 0.25) is 0 Å². The zero-order chi connectivity index (χ0) is 25.7. The van der Waals surface area contributed by atoms with Crippen LogP contribution in [-0.4, -0.2) is 24.2 Å². The molecule has 0 saturated heterocycles. The smallest absolute Gasteiger partial charge is 0.142 e. The quantitative estimate of drug-likeness (QED) is 0.574. The average molecular weight is 468 g/mol. The molecule has 0 radical (unpaired) electrons. The van der Waals surface area contributed by atoms with Gasteiger partial charge in [0.05, 0.1) is 23.9 Å². The van der Waals surface area contributed by atoms with E-state index in [4.69, 9.17) is 10.5 Å². The third kappa shape index (κ3) is 3.74. The summed E-state index contributed by atoms with van der Waals surface area (Å²) < 4.78 is 5.88. The molecule has 1 aromatic heterocycles. The molecule has 1 aromatic carbocycles. The van der Waals surface area contributed by atoms with Crippen molar-refractivity contribution in [3.63, 3.8) is 0 Å². The molecule has 6 heteroatoms. The monoisotopic (exact) mass is 467 g/mol. The number of pyridine rings is 1. The van der Waals surface area contributed by atoms with Crippen LogP contribution < -0.4 is 15.4 Å². The van der Waals surface area contributed by atoms with Gasteiger partial charge in [0, 0.05) is 35.0 Å². The number of ether oxygens (including phenoxy) is 1. The van der Waals surface area contributed by atoms with E-state index in [-0.39, 0.29) is 11.4 Å². The van der Waals surface area contributed by atoms with Crippen LogP contribution in [0, 0.1) is 29.6 Å². The molecule has 1 unspecified atom stereocenters. The van der Waals surface area contributed by atoms with Gasteiger partial charge in [-0.05, 0) is 80.9 Å². The molecule has 2 heterocycles. The predicted octanol–water partition coefficient (Wildman–Crippen LogP) is 6.21. The number of aromatic nitrogens is 1. The zero-order valence-electron chi connectivity index (χ0n) is 21.7. The first-order chi connectivity index (χ1) is 16.6. The van der Waals surface area contributed by atoms with E-state index in [1.807, 2.05) is 13.8 Å². The van der Waals surface area contributed by atoms with Gasteiger partial charge in [-0.3, -0.25) is 0 Å². The first-order valence-electron chi connectivity index (χ1n) is 12.1. The molecule has 6 nitrogen and oxygen atoms in total. The maximum atomic E-state index is 9.89. The fourth-order valence-corrected chi connectivity index (χ4v) is 5.81. The number of nitrogen functional groups attached to an aromatic ring is 1. The minimum absolute atomic E-state index is 0.0647. The molecule has 0 bridgehead atoms. The molecule has 35 heavy (non-hydrogen) atoms. The van der Waals surface area contributed by atoms with Crippen LogP contribution in [0.3, 0.4) is 0 Å². The highest BCUT2D eigenvalue weighted by Gasteiger charge is 2.37. The van der Waals surface area contributed by atoms with Crippen LogP contribution in [0.4, 0.5) is 11.5 Å². The number of methoxy groups -OCH3 is 1. The second kappa shape index (κ2) is 8.78. The minimum atomic E-state index is 0.0647. The number of nitriles is 2. The predicted molar refractivity (Wildman–Crippen MR) is 142 cm³/mol. The van der Waals surface area contributed by atoms with Gasteiger partial charge >= 0.3 is 0 Å². The Morgan fingerprint density at radius 3 is 2.57 bits per heavy atom. The number of nitrogens with two attached hydrogens (primary N) is 1. The molecule has 1 aliphatic carbocycles. The summed E-state index contributed by atoms with van der Waals surface area (Å²) in [4.78, 5) is 6.95. The lowest BCUT2D eigenvalue weighted by Crippen LogP contribution is -2.48. The van der Waals surface area contributed by atoms with Crippen LogP contribution in [0.25, 0.3) is 17.2 Å². The van der Waals surface area contributed by atoms with Crippen LogP contribution in [-0.2, 0) is 0 Å². The Kier molecular flexibility index (Phi) is 6.11. The molecule has 0 saturated carbocycles. The number of rotatable bonds is 4. The maximum Gasteiger partial charge on any atom is 0.142 e. The van der Waals surface area contributed by atoms with E-state index in [0.29, 0.717) is 22.7 Å². The second-order valence-corrected chi connectivity index (χ2v) is 10.2. The molecular weight excluding hydrogens is 434 g/mol. The molecular formula is C29H33N5O. The highest BCUT2D eigenvalue weighted by molar-refractivity contribution is 6.09. The third-order valence-electron chi connectivity index (χ3n) is 7.47. The van der Waals surface area contributed by atoms with Crippen LogP contribution in [0.5, 0.6) is 5.75 Å². The molecule has 1 atom stereocenters. The molecule has 2 N–H and O–H groups in total. The normalized spacial score (nSPS) is 19.3. The van der Waals surface area contributed by atoms with E-state index in [9.17, 15) is 10.5 Å². The molecule has 2 aromatic rings. The molecule has 180 valence electrons. The van der Waals surface area contributed by atoms with E-state index in [2.05, 4.69) is 67.9 Å². The van der Waals surface area contributed by atoms with E-state index in [1.54, 1.807) is 7.11 Å². The van der Waals surface area contributed by atoms with Gasteiger partial charge in [-0.25, -0.2) is 4.98 Å². The second-order valence-electron chi connectivity index (χ2n) is 10.2. The van der Waals surface area contributed by atoms with Crippen molar-refractivity contribution in [3.05, 3.63) is 51.2 Å². The summed E-state index contributed by atoms with van der Waals surface area (Å²) in [5, 5.41) is 19.5. The summed E-state index contributed by atoms with van der Waals surface area (Å²) in [6.07, 6.45) is 4.20. The first-order valence-corrected chi connectivity index (χ1v) is 12.1. The fourth-order valence-electron chi connectivity index (χ4n) is 5.81. The standard InChI is InChI=1S/C29H33N5O/c1-8-9-34-24-12-25(35-7)19(10-20(24)16(2)13-29(34,5)6)11-21-17(3)22(14-30)27-26(21)18(4)23(15-31)28(32)33-27/h10-12,16H,8-9,13H2,1-7H3,(H2,32,33)/b21-11+. The summed E-state index contributed by atoms with van der Waals surface area (Å²) in [5.74, 6) is 1.33. The van der Waals surface area contributed by atoms with E-state index in [1.165, 1.54) is 11.3 Å². The Labute approximate surface area is 208 Å². The van der Waals surface area contributed by atoms with Gasteiger partial charge in [-0.15, -0.1) is 0 Å². The molecule has 1 aliphatic heterocycles. The molecule has 4 rings (SSSR count). The first kappa shape index (κ1) is 24.4. The van der Waals surface area contributed by atoms with Gasteiger partial charge in [-0.1, -0.05) is 13.8 Å². The average Bonchev–Trinajstić information content (AvgIpc) is 3.06. The fraction of sp³-hybridized carbons (Fsp3) is 0.414. The van der Waals surface area contributed by atoms with Crippen LogP contribution in [0.1, 0.15) is 86.9 Å². The summed E-state index contributed by atoms with van der Waals surface area (Å²) >= 11 is 0. The van der Waals surface area contributed by atoms with Crippen LogP contribution in [0.15, 0.2) is 17.7 Å². The van der Waals surface area contributed by atoms with Gasteiger partial charge in [0.2, 0.25) is 0 Å². The minimum Gasteiger partial charge on any atom is -0.496 e. The lowest BCUT2D eigenvalue weighted by atomic mass is 9.79. The topological polar surface area (TPSA) is 99.0 Å². The number of nitrogens with zero attached hydrogens (tertiary/aromatic N) is 4. The SMILES string of the molecule is CCCN1c2cc(OC)c(/C=C3\C(C)=C(C#N)c4nc(N)c(C#N)c(C)c43)cc2C(C)CC1(C)C. The summed E-state index contributed by atoms with van der Waals surface area (Å²) in [5.41, 5.74) is 14.2. The Bertz CT molecular complexity index is 1370. The molecule has 2 aliphatic rings. The molecule has 0 spiro atoms.